The normalized spacial score (nSPS) is 16.1. The maximum absolute atomic E-state index is 5.24. The second kappa shape index (κ2) is 9.15. The topological polar surface area (TPSA) is 107 Å². The van der Waals surface area contributed by atoms with Crippen molar-refractivity contribution in [1.82, 2.24) is 40.2 Å². The summed E-state index contributed by atoms with van der Waals surface area (Å²) in [6.07, 6.45) is 2.02. The third-order valence-electron chi connectivity index (χ3n) is 5.47. The maximum Gasteiger partial charge on any atom is 0.192 e. The Bertz CT molecular complexity index is 1050. The Balaban J connectivity index is 1.52. The molecule has 4 rings (SSSR count). The second-order valence-electron chi connectivity index (χ2n) is 7.67. The van der Waals surface area contributed by atoms with Gasteiger partial charge in [0.05, 0.1) is 26.2 Å². The first-order valence-electron chi connectivity index (χ1n) is 10.5. The number of methoxy groups -OCH3 is 1. The molecule has 1 atom stereocenters. The molecule has 10 nitrogen and oxygen atoms in total. The van der Waals surface area contributed by atoms with E-state index in [0.29, 0.717) is 19.0 Å². The zero-order chi connectivity index (χ0) is 21.8. The first-order chi connectivity index (χ1) is 15.0. The van der Waals surface area contributed by atoms with E-state index >= 15 is 0 Å². The summed E-state index contributed by atoms with van der Waals surface area (Å²) in [4.78, 5) is 9.44. The van der Waals surface area contributed by atoms with Gasteiger partial charge in [-0.2, -0.15) is 5.10 Å². The number of hydrogen-bond acceptors (Lipinski definition) is 6. The van der Waals surface area contributed by atoms with E-state index in [4.69, 9.17) is 9.73 Å². The minimum absolute atomic E-state index is 0.0540. The molecule has 31 heavy (non-hydrogen) atoms. The predicted octanol–water partition coefficient (Wildman–Crippen LogP) is 1.80. The van der Waals surface area contributed by atoms with Crippen molar-refractivity contribution < 1.29 is 4.74 Å². The van der Waals surface area contributed by atoms with Crippen LogP contribution < -0.4 is 15.4 Å². The van der Waals surface area contributed by atoms with Crippen molar-refractivity contribution >= 4 is 5.96 Å². The van der Waals surface area contributed by atoms with E-state index in [9.17, 15) is 0 Å². The average Bonchev–Trinajstić information content (AvgIpc) is 3.32. The van der Waals surface area contributed by atoms with Crippen LogP contribution >= 0.6 is 0 Å². The summed E-state index contributed by atoms with van der Waals surface area (Å²) < 4.78 is 9.20. The van der Waals surface area contributed by atoms with Crippen LogP contribution in [0, 0.1) is 13.8 Å². The largest absolute Gasteiger partial charge is 0.497 e. The van der Waals surface area contributed by atoms with E-state index in [0.717, 1.165) is 54.0 Å². The lowest BCUT2D eigenvalue weighted by molar-refractivity contribution is 0.397. The lowest BCUT2D eigenvalue weighted by atomic mass is 10.1. The Morgan fingerprint density at radius 2 is 2.03 bits per heavy atom. The fourth-order valence-electron chi connectivity index (χ4n) is 3.59. The Morgan fingerprint density at radius 1 is 1.23 bits per heavy atom. The molecule has 3 aromatic rings. The lowest BCUT2D eigenvalue weighted by Crippen LogP contribution is -2.41. The van der Waals surface area contributed by atoms with Crippen molar-refractivity contribution in [3.8, 4) is 5.75 Å². The molecule has 0 amide bonds. The Hall–Kier alpha value is -3.43. The van der Waals surface area contributed by atoms with Gasteiger partial charge in [0.15, 0.2) is 11.8 Å². The van der Waals surface area contributed by atoms with Crippen LogP contribution in [0.15, 0.2) is 29.3 Å². The van der Waals surface area contributed by atoms with E-state index in [1.807, 2.05) is 54.4 Å². The summed E-state index contributed by atoms with van der Waals surface area (Å²) in [5, 5.41) is 19.8. The van der Waals surface area contributed by atoms with Crippen molar-refractivity contribution in [3.05, 3.63) is 53.1 Å². The SMILES string of the molecule is COc1ccc(CN=C(NCc2nnc(C)n2C)NC2CCCn3nc(C)nc32)cc1. The van der Waals surface area contributed by atoms with Crippen molar-refractivity contribution in [2.75, 3.05) is 7.11 Å². The van der Waals surface area contributed by atoms with Gasteiger partial charge in [0, 0.05) is 13.6 Å². The molecule has 0 radical (unpaired) electrons. The molecule has 0 saturated carbocycles. The Morgan fingerprint density at radius 3 is 2.74 bits per heavy atom. The first-order valence-corrected chi connectivity index (χ1v) is 10.5. The zero-order valence-electron chi connectivity index (χ0n) is 18.5. The molecule has 10 heteroatoms. The number of guanidine groups is 1. The van der Waals surface area contributed by atoms with Crippen molar-refractivity contribution in [2.24, 2.45) is 12.0 Å². The highest BCUT2D eigenvalue weighted by molar-refractivity contribution is 5.80. The maximum atomic E-state index is 5.24. The highest BCUT2D eigenvalue weighted by atomic mass is 16.5. The molecular formula is C21H29N9O. The highest BCUT2D eigenvalue weighted by Gasteiger charge is 2.24. The number of aliphatic imine (C=N–C) groups is 1. The van der Waals surface area contributed by atoms with Gasteiger partial charge >= 0.3 is 0 Å². The molecule has 0 aliphatic carbocycles. The van der Waals surface area contributed by atoms with Gasteiger partial charge in [-0.1, -0.05) is 12.1 Å². The van der Waals surface area contributed by atoms with E-state index in [-0.39, 0.29) is 6.04 Å². The number of nitrogens with one attached hydrogen (secondary N) is 2. The van der Waals surface area contributed by atoms with E-state index in [1.54, 1.807) is 7.11 Å². The van der Waals surface area contributed by atoms with Gasteiger partial charge in [-0.3, -0.25) is 0 Å². The number of ether oxygens (including phenoxy) is 1. The second-order valence-corrected chi connectivity index (χ2v) is 7.67. The third-order valence-corrected chi connectivity index (χ3v) is 5.47. The van der Waals surface area contributed by atoms with Crippen LogP contribution in [0.1, 0.15) is 47.7 Å². The molecular weight excluding hydrogens is 394 g/mol. The summed E-state index contributed by atoms with van der Waals surface area (Å²) in [5.74, 6) is 5.01. The van der Waals surface area contributed by atoms with Crippen LogP contribution in [0.4, 0.5) is 0 Å². The quantitative estimate of drug-likeness (QED) is 0.460. The third kappa shape index (κ3) is 4.84. The predicted molar refractivity (Wildman–Crippen MR) is 117 cm³/mol. The summed E-state index contributed by atoms with van der Waals surface area (Å²) in [5.41, 5.74) is 1.10. The van der Waals surface area contributed by atoms with Gasteiger partial charge in [-0.05, 0) is 44.4 Å². The molecule has 0 bridgehead atoms. The van der Waals surface area contributed by atoms with E-state index in [2.05, 4.69) is 30.9 Å². The first kappa shape index (κ1) is 20.8. The molecule has 164 valence electrons. The summed E-state index contributed by atoms with van der Waals surface area (Å²) in [6, 6.07) is 7.98. The van der Waals surface area contributed by atoms with Gasteiger partial charge in [0.1, 0.15) is 23.2 Å². The van der Waals surface area contributed by atoms with Crippen molar-refractivity contribution in [2.45, 2.75) is 52.4 Å². The van der Waals surface area contributed by atoms with Crippen LogP contribution in [0.3, 0.4) is 0 Å². The molecule has 0 spiro atoms. The standard InChI is InChI=1S/C21H29N9O/c1-14-24-20-18(6-5-11-30(20)28-14)25-21(23-13-19-27-26-15(2)29(19)3)22-12-16-7-9-17(31-4)10-8-16/h7-10,18H,5-6,11-13H2,1-4H3,(H2,22,23,25). The van der Waals surface area contributed by atoms with Gasteiger partial charge in [0.2, 0.25) is 0 Å². The number of aryl methyl sites for hydroxylation is 3. The zero-order valence-corrected chi connectivity index (χ0v) is 18.5. The molecule has 1 aliphatic heterocycles. The summed E-state index contributed by atoms with van der Waals surface area (Å²) in [7, 11) is 3.62. The van der Waals surface area contributed by atoms with Crippen molar-refractivity contribution in [1.29, 1.82) is 0 Å². The van der Waals surface area contributed by atoms with Crippen LogP contribution in [0.25, 0.3) is 0 Å². The summed E-state index contributed by atoms with van der Waals surface area (Å²) in [6.45, 7) is 5.82. The Labute approximate surface area is 181 Å². The molecule has 0 fully saturated rings. The van der Waals surface area contributed by atoms with Gasteiger partial charge in [-0.15, -0.1) is 10.2 Å². The molecule has 2 N–H and O–H groups in total. The average molecular weight is 424 g/mol. The molecule has 1 unspecified atom stereocenters. The molecule has 0 saturated heterocycles. The highest BCUT2D eigenvalue weighted by Crippen LogP contribution is 2.23. The number of nitrogens with zero attached hydrogens (tertiary/aromatic N) is 7. The van der Waals surface area contributed by atoms with Crippen molar-refractivity contribution in [3.63, 3.8) is 0 Å². The molecule has 1 aromatic carbocycles. The number of benzene rings is 1. The number of rotatable bonds is 6. The molecule has 3 heterocycles. The van der Waals surface area contributed by atoms with Crippen LogP contribution in [-0.2, 0) is 26.7 Å². The van der Waals surface area contributed by atoms with Gasteiger partial charge in [-0.25, -0.2) is 14.7 Å². The van der Waals surface area contributed by atoms with Gasteiger partial charge in [0.25, 0.3) is 0 Å². The lowest BCUT2D eigenvalue weighted by Gasteiger charge is -2.25. The fourth-order valence-corrected chi connectivity index (χ4v) is 3.59. The fraction of sp³-hybridized carbons (Fsp3) is 0.476. The smallest absolute Gasteiger partial charge is 0.192 e. The van der Waals surface area contributed by atoms with Crippen LogP contribution in [0.2, 0.25) is 0 Å². The Kier molecular flexibility index (Phi) is 6.15. The number of fused-ring (bicyclic) bond motifs is 1. The molecule has 1 aliphatic rings. The van der Waals surface area contributed by atoms with Gasteiger partial charge < -0.3 is 19.9 Å². The minimum Gasteiger partial charge on any atom is -0.497 e. The monoisotopic (exact) mass is 423 g/mol. The summed E-state index contributed by atoms with van der Waals surface area (Å²) >= 11 is 0. The van der Waals surface area contributed by atoms with Crippen LogP contribution in [-0.4, -0.2) is 42.6 Å². The number of hydrogen-bond donors (Lipinski definition) is 2. The molecule has 2 aromatic heterocycles. The number of aromatic nitrogens is 6. The minimum atomic E-state index is 0.0540. The van der Waals surface area contributed by atoms with Crippen LogP contribution in [0.5, 0.6) is 5.75 Å². The van der Waals surface area contributed by atoms with E-state index in [1.165, 1.54) is 0 Å². The van der Waals surface area contributed by atoms with E-state index < -0.39 is 0 Å².